The molecule has 3 aliphatic rings. The van der Waals surface area contributed by atoms with Gasteiger partial charge < -0.3 is 4.90 Å². The minimum Gasteiger partial charge on any atom is -0.308 e. The number of carbonyl (C=O) groups excluding carboxylic acids is 1. The molecule has 0 spiro atoms. The molecule has 3 unspecified atom stereocenters. The third kappa shape index (κ3) is 2.64. The SMILES string of the molecule is C=CCC1[C@@H]2C3CCC(C3)[C@@H]2C(=O)N1c1ccc([N+](=O)[O-])c(C(F)(F)F)c1. The van der Waals surface area contributed by atoms with Crippen LogP contribution in [0.1, 0.15) is 31.2 Å². The smallest absolute Gasteiger partial charge is 0.308 e. The Balaban J connectivity index is 1.79. The van der Waals surface area contributed by atoms with Gasteiger partial charge in [-0.3, -0.25) is 14.9 Å². The number of halogens is 3. The summed E-state index contributed by atoms with van der Waals surface area (Å²) in [6.07, 6.45) is 0.361. The Hall–Kier alpha value is -2.38. The molecule has 27 heavy (non-hydrogen) atoms. The molecule has 1 aromatic rings. The highest BCUT2D eigenvalue weighted by Gasteiger charge is 2.60. The van der Waals surface area contributed by atoms with E-state index in [2.05, 4.69) is 6.58 Å². The summed E-state index contributed by atoms with van der Waals surface area (Å²) in [5, 5.41) is 11.0. The maximum absolute atomic E-state index is 13.4. The molecule has 0 radical (unpaired) electrons. The van der Waals surface area contributed by atoms with Crippen molar-refractivity contribution < 1.29 is 22.9 Å². The number of hydrogen-bond donors (Lipinski definition) is 0. The topological polar surface area (TPSA) is 63.5 Å². The third-order valence-electron chi connectivity index (χ3n) is 6.45. The van der Waals surface area contributed by atoms with Crippen molar-refractivity contribution in [3.8, 4) is 0 Å². The fraction of sp³-hybridized carbons (Fsp3) is 0.526. The molecule has 2 bridgehead atoms. The molecule has 0 N–H and O–H groups in total. The zero-order chi connectivity index (χ0) is 19.5. The Kier molecular flexibility index (Phi) is 4.05. The van der Waals surface area contributed by atoms with Gasteiger partial charge in [-0.05, 0) is 55.6 Å². The van der Waals surface area contributed by atoms with Crippen molar-refractivity contribution in [3.05, 3.63) is 46.5 Å². The maximum atomic E-state index is 13.4. The number of rotatable bonds is 4. The summed E-state index contributed by atoms with van der Waals surface area (Å²) in [5.41, 5.74) is -2.24. The van der Waals surface area contributed by atoms with E-state index in [4.69, 9.17) is 0 Å². The standard InChI is InChI=1S/C19H19F3N2O3/c1-2-3-15-16-10-4-5-11(8-10)17(16)18(25)23(15)12-6-7-14(24(26)27)13(9-12)19(20,21)22/h2,6-7,9-11,15-17H,1,3-5,8H2/t10?,11?,15?,16-,17-/m0/s1. The van der Waals surface area contributed by atoms with E-state index in [1.807, 2.05) is 0 Å². The molecular weight excluding hydrogens is 361 g/mol. The van der Waals surface area contributed by atoms with Gasteiger partial charge in [0.15, 0.2) is 0 Å². The van der Waals surface area contributed by atoms with Crippen molar-refractivity contribution in [2.24, 2.45) is 23.7 Å². The van der Waals surface area contributed by atoms with E-state index in [0.29, 0.717) is 18.3 Å². The summed E-state index contributed by atoms with van der Waals surface area (Å²) >= 11 is 0. The van der Waals surface area contributed by atoms with Crippen LogP contribution in [0.5, 0.6) is 0 Å². The molecule has 144 valence electrons. The zero-order valence-electron chi connectivity index (χ0n) is 14.5. The highest BCUT2D eigenvalue weighted by Crippen LogP contribution is 2.59. The second kappa shape index (κ2) is 6.07. The van der Waals surface area contributed by atoms with Crippen LogP contribution >= 0.6 is 0 Å². The highest BCUT2D eigenvalue weighted by molar-refractivity contribution is 5.99. The Bertz CT molecular complexity index is 823. The number of fused-ring (bicyclic) bond motifs is 5. The summed E-state index contributed by atoms with van der Waals surface area (Å²) < 4.78 is 40.1. The van der Waals surface area contributed by atoms with Crippen LogP contribution < -0.4 is 4.90 Å². The van der Waals surface area contributed by atoms with Gasteiger partial charge >= 0.3 is 6.18 Å². The number of alkyl halides is 3. The lowest BCUT2D eigenvalue weighted by Gasteiger charge is -2.30. The number of carbonyl (C=O) groups is 1. The largest absolute Gasteiger partial charge is 0.423 e. The first-order valence-corrected chi connectivity index (χ1v) is 9.03. The monoisotopic (exact) mass is 380 g/mol. The first-order chi connectivity index (χ1) is 12.7. The van der Waals surface area contributed by atoms with E-state index in [0.717, 1.165) is 31.4 Å². The summed E-state index contributed by atoms with van der Waals surface area (Å²) in [6, 6.07) is 2.61. The molecule has 5 atom stereocenters. The van der Waals surface area contributed by atoms with Gasteiger partial charge in [0.05, 0.1) is 4.92 Å². The molecule has 4 rings (SSSR count). The van der Waals surface area contributed by atoms with Gasteiger partial charge in [-0.2, -0.15) is 13.2 Å². The lowest BCUT2D eigenvalue weighted by molar-refractivity contribution is -0.388. The molecular formula is C19H19F3N2O3. The first-order valence-electron chi connectivity index (χ1n) is 9.03. The van der Waals surface area contributed by atoms with Gasteiger partial charge in [0.25, 0.3) is 5.69 Å². The molecule has 1 heterocycles. The lowest BCUT2D eigenvalue weighted by Crippen LogP contribution is -2.37. The minimum absolute atomic E-state index is 0.0820. The van der Waals surface area contributed by atoms with E-state index in [1.165, 1.54) is 11.0 Å². The number of nitro groups is 1. The lowest BCUT2D eigenvalue weighted by atomic mass is 9.77. The third-order valence-corrected chi connectivity index (χ3v) is 6.45. The summed E-state index contributed by atoms with van der Waals surface area (Å²) in [7, 11) is 0. The highest BCUT2D eigenvalue weighted by atomic mass is 19.4. The number of benzene rings is 1. The van der Waals surface area contributed by atoms with Gasteiger partial charge in [-0.25, -0.2) is 0 Å². The predicted molar refractivity (Wildman–Crippen MR) is 92.0 cm³/mol. The van der Waals surface area contributed by atoms with E-state index in [9.17, 15) is 28.1 Å². The summed E-state index contributed by atoms with van der Waals surface area (Å²) in [4.78, 5) is 24.5. The van der Waals surface area contributed by atoms with E-state index in [-0.39, 0.29) is 29.5 Å². The van der Waals surface area contributed by atoms with Crippen molar-refractivity contribution in [3.63, 3.8) is 0 Å². The molecule has 2 aliphatic carbocycles. The molecule has 8 heteroatoms. The number of hydrogen-bond acceptors (Lipinski definition) is 3. The average molecular weight is 380 g/mol. The Morgan fingerprint density at radius 1 is 1.30 bits per heavy atom. The van der Waals surface area contributed by atoms with Gasteiger partial charge in [0.1, 0.15) is 5.56 Å². The van der Waals surface area contributed by atoms with Crippen molar-refractivity contribution in [1.82, 2.24) is 0 Å². The van der Waals surface area contributed by atoms with E-state index in [1.54, 1.807) is 6.08 Å². The fourth-order valence-corrected chi connectivity index (χ4v) is 5.56. The van der Waals surface area contributed by atoms with Gasteiger partial charge in [-0.1, -0.05) is 6.08 Å². The zero-order valence-corrected chi connectivity index (χ0v) is 14.5. The molecule has 3 fully saturated rings. The second-order valence-corrected chi connectivity index (χ2v) is 7.69. The number of anilines is 1. The van der Waals surface area contributed by atoms with Crippen LogP contribution in [-0.4, -0.2) is 16.9 Å². The molecule has 2 saturated carbocycles. The van der Waals surface area contributed by atoms with Gasteiger partial charge in [0, 0.05) is 23.7 Å². The van der Waals surface area contributed by atoms with Crippen molar-refractivity contribution in [2.75, 3.05) is 4.90 Å². The normalized spacial score (nSPS) is 32.0. The molecule has 1 aliphatic heterocycles. The first kappa shape index (κ1) is 18.0. The van der Waals surface area contributed by atoms with Crippen molar-refractivity contribution in [1.29, 1.82) is 0 Å². The number of nitro benzene ring substituents is 1. The van der Waals surface area contributed by atoms with Crippen molar-refractivity contribution in [2.45, 2.75) is 37.9 Å². The molecule has 1 amide bonds. The van der Waals surface area contributed by atoms with Crippen molar-refractivity contribution >= 4 is 17.3 Å². The molecule has 1 saturated heterocycles. The summed E-state index contributed by atoms with van der Waals surface area (Å²) in [5.74, 6) is 0.530. The fourth-order valence-electron chi connectivity index (χ4n) is 5.56. The van der Waals surface area contributed by atoms with Crippen LogP contribution in [0, 0.1) is 33.8 Å². The quantitative estimate of drug-likeness (QED) is 0.437. The molecule has 0 aromatic heterocycles. The molecule has 5 nitrogen and oxygen atoms in total. The van der Waals surface area contributed by atoms with Gasteiger partial charge in [0.2, 0.25) is 5.91 Å². The Morgan fingerprint density at radius 2 is 2.00 bits per heavy atom. The Labute approximate surface area is 154 Å². The number of amides is 1. The van der Waals surface area contributed by atoms with E-state index < -0.39 is 22.4 Å². The minimum atomic E-state index is -4.87. The van der Waals surface area contributed by atoms with Gasteiger partial charge in [-0.15, -0.1) is 6.58 Å². The predicted octanol–water partition coefficient (Wildman–Crippen LogP) is 4.57. The van der Waals surface area contributed by atoms with Crippen LogP contribution in [0.4, 0.5) is 24.5 Å². The second-order valence-electron chi connectivity index (χ2n) is 7.69. The maximum Gasteiger partial charge on any atom is 0.423 e. The average Bonchev–Trinajstić information content (AvgIpc) is 3.27. The van der Waals surface area contributed by atoms with E-state index >= 15 is 0 Å². The van der Waals surface area contributed by atoms with Crippen LogP contribution in [-0.2, 0) is 11.0 Å². The Morgan fingerprint density at radius 3 is 2.63 bits per heavy atom. The van der Waals surface area contributed by atoms with Crippen LogP contribution in [0.25, 0.3) is 0 Å². The number of nitrogens with zero attached hydrogens (tertiary/aromatic N) is 2. The van der Waals surface area contributed by atoms with Crippen LogP contribution in [0.2, 0.25) is 0 Å². The van der Waals surface area contributed by atoms with Crippen LogP contribution in [0.3, 0.4) is 0 Å². The van der Waals surface area contributed by atoms with Crippen LogP contribution in [0.15, 0.2) is 30.9 Å². The molecule has 1 aromatic carbocycles. The summed E-state index contributed by atoms with van der Waals surface area (Å²) in [6.45, 7) is 3.74.